The summed E-state index contributed by atoms with van der Waals surface area (Å²) in [6.07, 6.45) is 3.66. The predicted molar refractivity (Wildman–Crippen MR) is 79.8 cm³/mol. The standard InChI is InChI=1S/C15H15BrN2O2/c1-10(11-3-2-4-17-7-11)18-8-12-5-14-15(6-13(12)16)20-9-19-14/h2-7,10,18H,8-9H2,1H3. The van der Waals surface area contributed by atoms with Crippen LogP contribution in [-0.2, 0) is 6.54 Å². The van der Waals surface area contributed by atoms with Crippen LogP contribution in [0, 0.1) is 0 Å². The summed E-state index contributed by atoms with van der Waals surface area (Å²) in [6, 6.07) is 8.22. The Balaban J connectivity index is 1.70. The number of rotatable bonds is 4. The van der Waals surface area contributed by atoms with Gasteiger partial charge in [-0.1, -0.05) is 22.0 Å². The van der Waals surface area contributed by atoms with Crippen LogP contribution in [0.4, 0.5) is 0 Å². The monoisotopic (exact) mass is 334 g/mol. The van der Waals surface area contributed by atoms with E-state index in [-0.39, 0.29) is 6.04 Å². The summed E-state index contributed by atoms with van der Waals surface area (Å²) < 4.78 is 11.8. The van der Waals surface area contributed by atoms with E-state index in [0.717, 1.165) is 28.1 Å². The van der Waals surface area contributed by atoms with Crippen molar-refractivity contribution < 1.29 is 9.47 Å². The summed E-state index contributed by atoms with van der Waals surface area (Å²) >= 11 is 3.57. The van der Waals surface area contributed by atoms with Gasteiger partial charge in [-0.3, -0.25) is 4.98 Å². The fourth-order valence-corrected chi connectivity index (χ4v) is 2.57. The van der Waals surface area contributed by atoms with Gasteiger partial charge in [0.05, 0.1) is 0 Å². The molecule has 0 bridgehead atoms. The van der Waals surface area contributed by atoms with Gasteiger partial charge in [-0.05, 0) is 36.2 Å². The Morgan fingerprint density at radius 2 is 2.15 bits per heavy atom. The molecule has 0 spiro atoms. The molecule has 1 unspecified atom stereocenters. The lowest BCUT2D eigenvalue weighted by molar-refractivity contribution is 0.174. The van der Waals surface area contributed by atoms with Gasteiger partial charge in [-0.25, -0.2) is 0 Å². The Hall–Kier alpha value is -1.59. The molecule has 1 N–H and O–H groups in total. The number of hydrogen-bond acceptors (Lipinski definition) is 4. The predicted octanol–water partition coefficient (Wildman–Crippen LogP) is 3.42. The van der Waals surface area contributed by atoms with Gasteiger partial charge in [0.15, 0.2) is 11.5 Å². The molecule has 1 aliphatic heterocycles. The molecule has 0 saturated heterocycles. The highest BCUT2D eigenvalue weighted by atomic mass is 79.9. The molecule has 2 aromatic rings. The molecule has 1 aromatic carbocycles. The molecule has 0 saturated carbocycles. The van der Waals surface area contributed by atoms with Crippen LogP contribution in [0.2, 0.25) is 0 Å². The van der Waals surface area contributed by atoms with Gasteiger partial charge in [0.25, 0.3) is 0 Å². The normalized spacial score (nSPS) is 14.3. The van der Waals surface area contributed by atoms with Gasteiger partial charge in [0.1, 0.15) is 0 Å². The van der Waals surface area contributed by atoms with Crippen molar-refractivity contribution in [2.75, 3.05) is 6.79 Å². The Morgan fingerprint density at radius 1 is 1.35 bits per heavy atom. The summed E-state index contributed by atoms with van der Waals surface area (Å²) in [5, 5.41) is 3.48. The van der Waals surface area contributed by atoms with E-state index < -0.39 is 0 Å². The zero-order valence-corrected chi connectivity index (χ0v) is 12.7. The molecule has 3 rings (SSSR count). The van der Waals surface area contributed by atoms with E-state index in [4.69, 9.17) is 9.47 Å². The number of hydrogen-bond donors (Lipinski definition) is 1. The Kier molecular flexibility index (Phi) is 3.89. The second-order valence-corrected chi connectivity index (χ2v) is 5.54. The van der Waals surface area contributed by atoms with Crippen LogP contribution in [-0.4, -0.2) is 11.8 Å². The van der Waals surface area contributed by atoms with E-state index >= 15 is 0 Å². The van der Waals surface area contributed by atoms with Gasteiger partial charge in [0, 0.05) is 29.5 Å². The van der Waals surface area contributed by atoms with Crippen molar-refractivity contribution in [3.63, 3.8) is 0 Å². The van der Waals surface area contributed by atoms with Crippen LogP contribution >= 0.6 is 15.9 Å². The van der Waals surface area contributed by atoms with Gasteiger partial charge in [-0.15, -0.1) is 0 Å². The van der Waals surface area contributed by atoms with Gasteiger partial charge in [-0.2, -0.15) is 0 Å². The average molecular weight is 335 g/mol. The lowest BCUT2D eigenvalue weighted by Gasteiger charge is -2.15. The molecule has 1 aromatic heterocycles. The lowest BCUT2D eigenvalue weighted by Crippen LogP contribution is -2.18. The number of halogens is 1. The van der Waals surface area contributed by atoms with E-state index in [1.54, 1.807) is 6.20 Å². The molecule has 20 heavy (non-hydrogen) atoms. The second kappa shape index (κ2) is 5.81. The Bertz CT molecular complexity index is 604. The summed E-state index contributed by atoms with van der Waals surface area (Å²) in [6.45, 7) is 3.16. The number of nitrogens with one attached hydrogen (secondary N) is 1. The van der Waals surface area contributed by atoms with E-state index in [1.165, 1.54) is 5.56 Å². The van der Waals surface area contributed by atoms with Crippen LogP contribution in [0.1, 0.15) is 24.1 Å². The maximum Gasteiger partial charge on any atom is 0.231 e. The van der Waals surface area contributed by atoms with Gasteiger partial charge < -0.3 is 14.8 Å². The van der Waals surface area contributed by atoms with Crippen molar-refractivity contribution in [2.24, 2.45) is 0 Å². The molecule has 2 heterocycles. The molecule has 1 atom stereocenters. The van der Waals surface area contributed by atoms with Crippen LogP contribution < -0.4 is 14.8 Å². The average Bonchev–Trinajstić information content (AvgIpc) is 2.92. The first kappa shape index (κ1) is 13.4. The van der Waals surface area contributed by atoms with Crippen LogP contribution in [0.15, 0.2) is 41.1 Å². The molecule has 5 heteroatoms. The maximum absolute atomic E-state index is 5.40. The third-order valence-corrected chi connectivity index (χ3v) is 4.06. The van der Waals surface area contributed by atoms with E-state index in [2.05, 4.69) is 39.2 Å². The van der Waals surface area contributed by atoms with Crippen molar-refractivity contribution in [3.05, 3.63) is 52.3 Å². The molecule has 0 amide bonds. The van der Waals surface area contributed by atoms with Gasteiger partial charge >= 0.3 is 0 Å². The quantitative estimate of drug-likeness (QED) is 0.930. The van der Waals surface area contributed by atoms with Crippen molar-refractivity contribution in [3.8, 4) is 11.5 Å². The number of benzene rings is 1. The first-order valence-electron chi connectivity index (χ1n) is 6.45. The minimum atomic E-state index is 0.237. The molecule has 0 fully saturated rings. The maximum atomic E-state index is 5.40. The molecule has 1 aliphatic rings. The van der Waals surface area contributed by atoms with Crippen molar-refractivity contribution in [2.45, 2.75) is 19.5 Å². The highest BCUT2D eigenvalue weighted by Gasteiger charge is 2.16. The number of fused-ring (bicyclic) bond motifs is 1. The zero-order valence-electron chi connectivity index (χ0n) is 11.1. The molecular formula is C15H15BrN2O2. The summed E-state index contributed by atoms with van der Waals surface area (Å²) in [5.41, 5.74) is 2.31. The molecule has 0 radical (unpaired) electrons. The Labute approximate surface area is 126 Å². The molecule has 4 nitrogen and oxygen atoms in total. The van der Waals surface area contributed by atoms with Crippen molar-refractivity contribution in [1.82, 2.24) is 10.3 Å². The molecular weight excluding hydrogens is 320 g/mol. The van der Waals surface area contributed by atoms with Crippen LogP contribution in [0.3, 0.4) is 0 Å². The molecule has 0 aliphatic carbocycles. The third-order valence-electron chi connectivity index (χ3n) is 3.32. The minimum Gasteiger partial charge on any atom is -0.454 e. The highest BCUT2D eigenvalue weighted by Crippen LogP contribution is 2.37. The number of pyridine rings is 1. The summed E-state index contributed by atoms with van der Waals surface area (Å²) in [5.74, 6) is 1.60. The zero-order chi connectivity index (χ0) is 13.9. The fourth-order valence-electron chi connectivity index (χ4n) is 2.11. The van der Waals surface area contributed by atoms with Crippen LogP contribution in [0.5, 0.6) is 11.5 Å². The lowest BCUT2D eigenvalue weighted by atomic mass is 10.1. The second-order valence-electron chi connectivity index (χ2n) is 4.69. The van der Waals surface area contributed by atoms with E-state index in [1.807, 2.05) is 24.4 Å². The van der Waals surface area contributed by atoms with Gasteiger partial charge in [0.2, 0.25) is 6.79 Å². The van der Waals surface area contributed by atoms with Crippen molar-refractivity contribution in [1.29, 1.82) is 0 Å². The number of ether oxygens (including phenoxy) is 2. The smallest absolute Gasteiger partial charge is 0.231 e. The summed E-state index contributed by atoms with van der Waals surface area (Å²) in [4.78, 5) is 4.14. The third kappa shape index (κ3) is 2.78. The highest BCUT2D eigenvalue weighted by molar-refractivity contribution is 9.10. The first-order valence-corrected chi connectivity index (χ1v) is 7.24. The fraction of sp³-hybridized carbons (Fsp3) is 0.267. The topological polar surface area (TPSA) is 43.4 Å². The minimum absolute atomic E-state index is 0.237. The van der Waals surface area contributed by atoms with E-state index in [0.29, 0.717) is 6.79 Å². The number of nitrogens with zero attached hydrogens (tertiary/aromatic N) is 1. The number of aromatic nitrogens is 1. The largest absolute Gasteiger partial charge is 0.454 e. The summed E-state index contributed by atoms with van der Waals surface area (Å²) in [7, 11) is 0. The molecule has 104 valence electrons. The SMILES string of the molecule is CC(NCc1cc2c(cc1Br)OCO2)c1cccnc1. The Morgan fingerprint density at radius 3 is 2.90 bits per heavy atom. The first-order chi connectivity index (χ1) is 9.74. The van der Waals surface area contributed by atoms with Crippen LogP contribution in [0.25, 0.3) is 0 Å². The van der Waals surface area contributed by atoms with E-state index in [9.17, 15) is 0 Å². The van der Waals surface area contributed by atoms with Crippen molar-refractivity contribution >= 4 is 15.9 Å².